The highest BCUT2D eigenvalue weighted by atomic mass is 32.2. The maximum absolute atomic E-state index is 11.8. The number of anilines is 1. The molecule has 1 aromatic carbocycles. The van der Waals surface area contributed by atoms with Gasteiger partial charge in [-0.25, -0.2) is 13.2 Å². The van der Waals surface area contributed by atoms with Crippen LogP contribution in [0.3, 0.4) is 0 Å². The standard InChI is InChI=1S/C15H18N2O3S2/c1-11(12-7-8-21-10-12)9-16-15(18)17-13-3-5-14(6-4-13)22(2,19)20/h3-8,10-11H,9H2,1-2H3,(H2,16,17,18)/t11-/m1/s1. The lowest BCUT2D eigenvalue weighted by molar-refractivity contribution is 0.251. The predicted octanol–water partition coefficient (Wildman–Crippen LogP) is 3.08. The first-order chi connectivity index (χ1) is 10.4. The molecule has 1 aromatic heterocycles. The lowest BCUT2D eigenvalue weighted by Crippen LogP contribution is -2.31. The number of benzene rings is 1. The highest BCUT2D eigenvalue weighted by Crippen LogP contribution is 2.17. The van der Waals surface area contributed by atoms with E-state index in [2.05, 4.69) is 16.0 Å². The molecule has 2 rings (SSSR count). The number of carbonyl (C=O) groups is 1. The van der Waals surface area contributed by atoms with Gasteiger partial charge in [0.1, 0.15) is 0 Å². The smallest absolute Gasteiger partial charge is 0.319 e. The number of nitrogens with one attached hydrogen (secondary N) is 2. The van der Waals surface area contributed by atoms with Crippen molar-refractivity contribution in [3.8, 4) is 0 Å². The summed E-state index contributed by atoms with van der Waals surface area (Å²) in [5.74, 6) is 0.240. The Balaban J connectivity index is 1.87. The van der Waals surface area contributed by atoms with E-state index < -0.39 is 9.84 Å². The Labute approximate surface area is 134 Å². The van der Waals surface area contributed by atoms with E-state index in [0.29, 0.717) is 12.2 Å². The van der Waals surface area contributed by atoms with Crippen molar-refractivity contribution in [3.05, 3.63) is 46.7 Å². The number of hydrogen-bond acceptors (Lipinski definition) is 4. The monoisotopic (exact) mass is 338 g/mol. The number of carbonyl (C=O) groups excluding carboxylic acids is 1. The Kier molecular flexibility index (Phi) is 5.20. The molecule has 0 saturated heterocycles. The fraction of sp³-hybridized carbons (Fsp3) is 0.267. The molecule has 0 bridgehead atoms. The van der Waals surface area contributed by atoms with Gasteiger partial charge >= 0.3 is 6.03 Å². The summed E-state index contributed by atoms with van der Waals surface area (Å²) in [6.45, 7) is 2.58. The predicted molar refractivity (Wildman–Crippen MR) is 89.3 cm³/mol. The second-order valence-corrected chi connectivity index (χ2v) is 7.89. The van der Waals surface area contributed by atoms with Gasteiger partial charge in [-0.15, -0.1) is 0 Å². The Hall–Kier alpha value is -1.86. The minimum Gasteiger partial charge on any atom is -0.337 e. The molecule has 1 atom stereocenters. The van der Waals surface area contributed by atoms with Crippen molar-refractivity contribution in [1.29, 1.82) is 0 Å². The minimum atomic E-state index is -3.22. The zero-order valence-corrected chi connectivity index (χ0v) is 14.0. The molecule has 0 fully saturated rings. The molecular formula is C15H18N2O3S2. The highest BCUT2D eigenvalue weighted by Gasteiger charge is 2.09. The van der Waals surface area contributed by atoms with E-state index in [1.807, 2.05) is 18.4 Å². The van der Waals surface area contributed by atoms with E-state index in [0.717, 1.165) is 6.26 Å². The van der Waals surface area contributed by atoms with Crippen LogP contribution in [0.1, 0.15) is 18.4 Å². The summed E-state index contributed by atoms with van der Waals surface area (Å²) in [7, 11) is -3.22. The maximum atomic E-state index is 11.8. The van der Waals surface area contributed by atoms with Gasteiger partial charge in [-0.1, -0.05) is 6.92 Å². The van der Waals surface area contributed by atoms with E-state index in [9.17, 15) is 13.2 Å². The van der Waals surface area contributed by atoms with Gasteiger partial charge in [-0.05, 0) is 52.6 Å². The van der Waals surface area contributed by atoms with Gasteiger partial charge in [0.25, 0.3) is 0 Å². The molecule has 0 spiro atoms. The minimum absolute atomic E-state index is 0.226. The van der Waals surface area contributed by atoms with Gasteiger partial charge in [0, 0.05) is 18.5 Å². The molecule has 5 nitrogen and oxygen atoms in total. The lowest BCUT2D eigenvalue weighted by Gasteiger charge is -2.12. The van der Waals surface area contributed by atoms with Crippen LogP contribution in [-0.4, -0.2) is 27.2 Å². The van der Waals surface area contributed by atoms with Crippen LogP contribution in [-0.2, 0) is 9.84 Å². The second kappa shape index (κ2) is 6.93. The molecule has 0 aliphatic rings. The van der Waals surface area contributed by atoms with Crippen molar-refractivity contribution in [2.45, 2.75) is 17.7 Å². The van der Waals surface area contributed by atoms with Crippen molar-refractivity contribution in [1.82, 2.24) is 5.32 Å². The third-order valence-electron chi connectivity index (χ3n) is 3.22. The van der Waals surface area contributed by atoms with Gasteiger partial charge in [0.2, 0.25) is 0 Å². The van der Waals surface area contributed by atoms with Crippen LogP contribution in [0.2, 0.25) is 0 Å². The van der Waals surface area contributed by atoms with Crippen molar-refractivity contribution in [2.24, 2.45) is 0 Å². The molecule has 2 aromatic rings. The maximum Gasteiger partial charge on any atom is 0.319 e. The Morgan fingerprint density at radius 2 is 1.91 bits per heavy atom. The summed E-state index contributed by atoms with van der Waals surface area (Å²) in [6, 6.07) is 7.81. The van der Waals surface area contributed by atoms with Crippen molar-refractivity contribution >= 4 is 32.9 Å². The summed E-state index contributed by atoms with van der Waals surface area (Å²) in [5.41, 5.74) is 1.75. The molecule has 7 heteroatoms. The topological polar surface area (TPSA) is 75.3 Å². The molecule has 0 radical (unpaired) electrons. The first-order valence-electron chi connectivity index (χ1n) is 6.73. The molecule has 0 saturated carbocycles. The molecule has 22 heavy (non-hydrogen) atoms. The van der Waals surface area contributed by atoms with Crippen LogP contribution >= 0.6 is 11.3 Å². The van der Waals surface area contributed by atoms with Crippen LogP contribution in [0.15, 0.2) is 46.0 Å². The summed E-state index contributed by atoms with van der Waals surface area (Å²) in [6.07, 6.45) is 1.15. The zero-order chi connectivity index (χ0) is 16.2. The number of urea groups is 1. The van der Waals surface area contributed by atoms with Gasteiger partial charge in [0.05, 0.1) is 4.90 Å². The van der Waals surface area contributed by atoms with E-state index in [4.69, 9.17) is 0 Å². The molecule has 0 aliphatic carbocycles. The molecule has 1 heterocycles. The number of sulfone groups is 1. The molecule has 118 valence electrons. The third-order valence-corrected chi connectivity index (χ3v) is 5.05. The summed E-state index contributed by atoms with van der Waals surface area (Å²) >= 11 is 1.63. The second-order valence-electron chi connectivity index (χ2n) is 5.09. The number of amides is 2. The third kappa shape index (κ3) is 4.57. The quantitative estimate of drug-likeness (QED) is 0.880. The zero-order valence-electron chi connectivity index (χ0n) is 12.4. The number of rotatable bonds is 5. The Morgan fingerprint density at radius 1 is 1.23 bits per heavy atom. The normalized spacial score (nSPS) is 12.6. The average molecular weight is 338 g/mol. The number of thiophene rings is 1. The molecule has 2 N–H and O–H groups in total. The van der Waals surface area contributed by atoms with Gasteiger partial charge in [-0.2, -0.15) is 11.3 Å². The largest absolute Gasteiger partial charge is 0.337 e. The van der Waals surface area contributed by atoms with Crippen LogP contribution < -0.4 is 10.6 Å². The molecule has 2 amide bonds. The van der Waals surface area contributed by atoms with E-state index in [-0.39, 0.29) is 16.8 Å². The van der Waals surface area contributed by atoms with Crippen LogP contribution in [0.4, 0.5) is 10.5 Å². The van der Waals surface area contributed by atoms with E-state index in [1.54, 1.807) is 23.5 Å². The van der Waals surface area contributed by atoms with E-state index in [1.165, 1.54) is 17.7 Å². The first kappa shape index (κ1) is 16.5. The van der Waals surface area contributed by atoms with Crippen LogP contribution in [0, 0.1) is 0 Å². The van der Waals surface area contributed by atoms with Crippen molar-refractivity contribution in [3.63, 3.8) is 0 Å². The van der Waals surface area contributed by atoms with Crippen molar-refractivity contribution < 1.29 is 13.2 Å². The molecule has 0 unspecified atom stereocenters. The summed E-state index contributed by atoms with van der Waals surface area (Å²) in [4.78, 5) is 12.1. The van der Waals surface area contributed by atoms with Crippen molar-refractivity contribution in [2.75, 3.05) is 18.1 Å². The molecule has 0 aliphatic heterocycles. The van der Waals surface area contributed by atoms with Gasteiger partial charge < -0.3 is 10.6 Å². The fourth-order valence-corrected chi connectivity index (χ4v) is 3.29. The summed E-state index contributed by atoms with van der Waals surface area (Å²) < 4.78 is 22.7. The summed E-state index contributed by atoms with van der Waals surface area (Å²) in [5, 5.41) is 9.55. The Morgan fingerprint density at radius 3 is 2.45 bits per heavy atom. The van der Waals surface area contributed by atoms with Crippen LogP contribution in [0.5, 0.6) is 0 Å². The Bertz CT molecular complexity index is 723. The first-order valence-corrected chi connectivity index (χ1v) is 9.57. The lowest BCUT2D eigenvalue weighted by atomic mass is 10.1. The van der Waals surface area contributed by atoms with Gasteiger partial charge in [0.15, 0.2) is 9.84 Å². The van der Waals surface area contributed by atoms with E-state index >= 15 is 0 Å². The highest BCUT2D eigenvalue weighted by molar-refractivity contribution is 7.90. The molecular weight excluding hydrogens is 320 g/mol. The van der Waals surface area contributed by atoms with Crippen LogP contribution in [0.25, 0.3) is 0 Å². The SMILES string of the molecule is C[C@H](CNC(=O)Nc1ccc(S(C)(=O)=O)cc1)c1ccsc1. The fourth-order valence-electron chi connectivity index (χ4n) is 1.88. The average Bonchev–Trinajstić information content (AvgIpc) is 2.98. The van der Waals surface area contributed by atoms with Gasteiger partial charge in [-0.3, -0.25) is 0 Å². The number of hydrogen-bond donors (Lipinski definition) is 2.